The molecule has 0 spiro atoms. The Morgan fingerprint density at radius 3 is 2.71 bits per heavy atom. The van der Waals surface area contributed by atoms with Gasteiger partial charge >= 0.3 is 0 Å². The van der Waals surface area contributed by atoms with Crippen molar-refractivity contribution < 1.29 is 9.84 Å². The van der Waals surface area contributed by atoms with Gasteiger partial charge in [-0.25, -0.2) is 0 Å². The summed E-state index contributed by atoms with van der Waals surface area (Å²) in [5, 5.41) is 17.4. The van der Waals surface area contributed by atoms with Crippen LogP contribution in [0.2, 0.25) is 0 Å². The Bertz CT molecular complexity index is 981. The monoisotopic (exact) mass is 393 g/mol. The van der Waals surface area contributed by atoms with Crippen LogP contribution in [0.25, 0.3) is 10.1 Å². The van der Waals surface area contributed by atoms with Gasteiger partial charge in [0.05, 0.1) is 5.56 Å². The van der Waals surface area contributed by atoms with Crippen LogP contribution in [-0.4, -0.2) is 29.9 Å². The fraction of sp³-hybridized carbons (Fsp3) is 0.333. The van der Waals surface area contributed by atoms with Crippen LogP contribution >= 0.6 is 11.3 Å². The molecule has 0 saturated heterocycles. The zero-order valence-electron chi connectivity index (χ0n) is 16.7. The van der Waals surface area contributed by atoms with E-state index in [1.165, 1.54) is 15.6 Å². The second-order valence-corrected chi connectivity index (χ2v) is 8.45. The van der Waals surface area contributed by atoms with Crippen LogP contribution in [0.15, 0.2) is 53.9 Å². The number of hydrogen-bond donors (Lipinski definition) is 2. The van der Waals surface area contributed by atoms with E-state index >= 15 is 0 Å². The lowest BCUT2D eigenvalue weighted by Crippen LogP contribution is -2.46. The molecule has 2 N–H and O–H groups in total. The number of thiophene rings is 1. The number of ether oxygens (including phenoxy) is 1. The minimum Gasteiger partial charge on any atom is -0.490 e. The predicted octanol–water partition coefficient (Wildman–Crippen LogP) is 4.62. The summed E-state index contributed by atoms with van der Waals surface area (Å²) in [6.45, 7) is 6.83. The average molecular weight is 394 g/mol. The normalized spacial score (nSPS) is 12.4. The molecule has 0 saturated carbocycles. The van der Waals surface area contributed by atoms with Gasteiger partial charge in [0.15, 0.2) is 0 Å². The number of rotatable bonds is 8. The summed E-state index contributed by atoms with van der Waals surface area (Å²) in [6, 6.07) is 16.1. The van der Waals surface area contributed by atoms with Crippen LogP contribution in [0.1, 0.15) is 31.9 Å². The highest BCUT2D eigenvalue weighted by Crippen LogP contribution is 2.28. The van der Waals surface area contributed by atoms with Crippen molar-refractivity contribution in [2.75, 3.05) is 13.2 Å². The number of para-hydroxylation sites is 1. The van der Waals surface area contributed by atoms with E-state index in [-0.39, 0.29) is 12.1 Å². The topological polar surface area (TPSA) is 41.5 Å². The van der Waals surface area contributed by atoms with E-state index in [4.69, 9.17) is 4.74 Å². The summed E-state index contributed by atoms with van der Waals surface area (Å²) in [5.74, 6) is 6.62. The quantitative estimate of drug-likeness (QED) is 0.549. The maximum absolute atomic E-state index is 10.4. The van der Waals surface area contributed by atoms with Crippen molar-refractivity contribution >= 4 is 21.4 Å². The molecular weight excluding hydrogens is 366 g/mol. The fourth-order valence-corrected chi connectivity index (χ4v) is 4.14. The summed E-state index contributed by atoms with van der Waals surface area (Å²) in [7, 11) is 0. The third-order valence-corrected chi connectivity index (χ3v) is 5.60. The minimum absolute atomic E-state index is 0.129. The highest BCUT2D eigenvalue weighted by Gasteiger charge is 2.21. The van der Waals surface area contributed by atoms with Gasteiger partial charge in [-0.3, -0.25) is 0 Å². The summed E-state index contributed by atoms with van der Waals surface area (Å²) >= 11 is 1.78. The Hall–Kier alpha value is -2.32. The molecule has 0 bridgehead atoms. The largest absolute Gasteiger partial charge is 0.490 e. The highest BCUT2D eigenvalue weighted by molar-refractivity contribution is 7.17. The standard InChI is InChI=1S/C24H27NO2S/c1-4-9-18-10-5-7-12-22(18)27-16-20(26)15-25-24(2,3)14-19-17-28-23-13-8-6-11-21(19)23/h5-8,10-13,17,20,25-26H,14-16H2,1-3H3. The lowest BCUT2D eigenvalue weighted by Gasteiger charge is -2.28. The van der Waals surface area contributed by atoms with Gasteiger partial charge in [0.25, 0.3) is 0 Å². The number of hydrogen-bond acceptors (Lipinski definition) is 4. The second kappa shape index (κ2) is 9.25. The van der Waals surface area contributed by atoms with E-state index in [9.17, 15) is 5.11 Å². The van der Waals surface area contributed by atoms with Crippen LogP contribution in [0.5, 0.6) is 5.75 Å². The number of β-amino-alcohol motifs (C(OH)–C–C–N with tert-alkyl or cyclic N) is 1. The maximum Gasteiger partial charge on any atom is 0.135 e. The Kier molecular flexibility index (Phi) is 6.74. The maximum atomic E-state index is 10.4. The number of nitrogens with one attached hydrogen (secondary N) is 1. The molecule has 28 heavy (non-hydrogen) atoms. The number of aliphatic hydroxyl groups is 1. The van der Waals surface area contributed by atoms with Gasteiger partial charge in [-0.1, -0.05) is 36.3 Å². The zero-order chi connectivity index (χ0) is 20.0. The lowest BCUT2D eigenvalue weighted by molar-refractivity contribution is 0.0987. The summed E-state index contributed by atoms with van der Waals surface area (Å²) in [6.07, 6.45) is 0.306. The zero-order valence-corrected chi connectivity index (χ0v) is 17.5. The molecule has 1 atom stereocenters. The Labute approximate surface area is 171 Å². The molecule has 0 amide bonds. The van der Waals surface area contributed by atoms with E-state index < -0.39 is 6.10 Å². The van der Waals surface area contributed by atoms with Crippen LogP contribution < -0.4 is 10.1 Å². The van der Waals surface area contributed by atoms with E-state index in [1.807, 2.05) is 24.3 Å². The van der Waals surface area contributed by atoms with E-state index in [2.05, 4.69) is 60.7 Å². The molecule has 146 valence electrons. The number of fused-ring (bicyclic) bond motifs is 1. The van der Waals surface area contributed by atoms with Gasteiger partial charge in [0.1, 0.15) is 18.5 Å². The Morgan fingerprint density at radius 1 is 1.14 bits per heavy atom. The first-order valence-corrected chi connectivity index (χ1v) is 10.4. The predicted molar refractivity (Wildman–Crippen MR) is 118 cm³/mol. The van der Waals surface area contributed by atoms with Crippen molar-refractivity contribution in [2.24, 2.45) is 0 Å². The highest BCUT2D eigenvalue weighted by atomic mass is 32.1. The number of aliphatic hydroxyl groups excluding tert-OH is 1. The summed E-state index contributed by atoms with van der Waals surface area (Å²) < 4.78 is 7.10. The second-order valence-electron chi connectivity index (χ2n) is 7.53. The molecular formula is C24H27NO2S. The summed E-state index contributed by atoms with van der Waals surface area (Å²) in [4.78, 5) is 0. The molecule has 4 heteroatoms. The Balaban J connectivity index is 1.53. The van der Waals surface area contributed by atoms with Crippen LogP contribution in [0.3, 0.4) is 0 Å². The molecule has 1 heterocycles. The fourth-order valence-electron chi connectivity index (χ4n) is 3.18. The smallest absolute Gasteiger partial charge is 0.135 e. The molecule has 0 aliphatic rings. The van der Waals surface area contributed by atoms with Gasteiger partial charge in [-0.15, -0.1) is 17.3 Å². The molecule has 0 fully saturated rings. The summed E-state index contributed by atoms with van der Waals surface area (Å²) in [5.41, 5.74) is 2.06. The van der Waals surface area contributed by atoms with Crippen molar-refractivity contribution in [1.29, 1.82) is 0 Å². The van der Waals surface area contributed by atoms with Crippen LogP contribution in [0, 0.1) is 11.8 Å². The van der Waals surface area contributed by atoms with Gasteiger partial charge in [-0.2, -0.15) is 0 Å². The first-order valence-electron chi connectivity index (χ1n) is 9.51. The molecule has 0 radical (unpaired) electrons. The van der Waals surface area contributed by atoms with Gasteiger partial charge in [-0.05, 0) is 61.7 Å². The van der Waals surface area contributed by atoms with Gasteiger partial charge in [0, 0.05) is 16.8 Å². The first kappa shape index (κ1) is 20.4. The van der Waals surface area contributed by atoms with Gasteiger partial charge < -0.3 is 15.2 Å². The number of benzene rings is 2. The Morgan fingerprint density at radius 2 is 1.89 bits per heavy atom. The molecule has 1 unspecified atom stereocenters. The average Bonchev–Trinajstić information content (AvgIpc) is 3.08. The SMILES string of the molecule is CC#Cc1ccccc1OCC(O)CNC(C)(C)Cc1csc2ccccc12. The van der Waals surface area contributed by atoms with Crippen molar-refractivity contribution in [3.8, 4) is 17.6 Å². The van der Waals surface area contributed by atoms with Gasteiger partial charge in [0.2, 0.25) is 0 Å². The van der Waals surface area contributed by atoms with Crippen molar-refractivity contribution in [2.45, 2.75) is 38.8 Å². The van der Waals surface area contributed by atoms with Crippen LogP contribution in [0.4, 0.5) is 0 Å². The molecule has 3 rings (SSSR count). The first-order chi connectivity index (χ1) is 13.5. The molecule has 0 aliphatic heterocycles. The van der Waals surface area contributed by atoms with E-state index in [0.717, 1.165) is 12.0 Å². The molecule has 1 aromatic heterocycles. The van der Waals surface area contributed by atoms with E-state index in [1.54, 1.807) is 18.3 Å². The molecule has 2 aromatic carbocycles. The molecule has 3 nitrogen and oxygen atoms in total. The minimum atomic E-state index is -0.596. The van der Waals surface area contributed by atoms with Crippen molar-refractivity contribution in [3.63, 3.8) is 0 Å². The molecule has 0 aliphatic carbocycles. The van der Waals surface area contributed by atoms with Crippen molar-refractivity contribution in [1.82, 2.24) is 5.32 Å². The lowest BCUT2D eigenvalue weighted by atomic mass is 9.94. The van der Waals surface area contributed by atoms with Crippen molar-refractivity contribution in [3.05, 3.63) is 65.0 Å². The van der Waals surface area contributed by atoms with Crippen LogP contribution in [-0.2, 0) is 6.42 Å². The van der Waals surface area contributed by atoms with E-state index in [0.29, 0.717) is 12.3 Å². The third kappa shape index (κ3) is 5.36. The third-order valence-electron chi connectivity index (χ3n) is 4.59. The molecule has 3 aromatic rings.